The maximum Gasteiger partial charge on any atom is 0.254 e. The Hall–Kier alpha value is -2.92. The van der Waals surface area contributed by atoms with Crippen LogP contribution < -0.4 is 4.74 Å². The van der Waals surface area contributed by atoms with Gasteiger partial charge in [0.05, 0.1) is 18.1 Å². The van der Waals surface area contributed by atoms with E-state index in [9.17, 15) is 9.59 Å². The molecule has 5 nitrogen and oxygen atoms in total. The number of para-hydroxylation sites is 1. The fourth-order valence-corrected chi connectivity index (χ4v) is 5.76. The topological polar surface area (TPSA) is 59.0 Å². The van der Waals surface area contributed by atoms with E-state index in [2.05, 4.69) is 17.3 Å². The third-order valence-corrected chi connectivity index (χ3v) is 7.43. The maximum absolute atomic E-state index is 13.1. The van der Waals surface area contributed by atoms with E-state index >= 15 is 0 Å². The maximum atomic E-state index is 13.1. The second kappa shape index (κ2) is 7.06. The van der Waals surface area contributed by atoms with Crippen LogP contribution in [0.3, 0.4) is 0 Å². The Balaban J connectivity index is 1.21. The molecule has 2 aromatic carbocycles. The number of hydrogen-bond acceptors (Lipinski definition) is 4. The number of halogens is 1. The van der Waals surface area contributed by atoms with E-state index in [4.69, 9.17) is 16.3 Å². The highest BCUT2D eigenvalue weighted by Gasteiger charge is 2.67. The summed E-state index contributed by atoms with van der Waals surface area (Å²) in [5, 5.41) is 6.11. The zero-order chi connectivity index (χ0) is 21.1. The highest BCUT2D eigenvalue weighted by Crippen LogP contribution is 2.65. The average molecular weight is 433 g/mol. The summed E-state index contributed by atoms with van der Waals surface area (Å²) in [5.41, 5.74) is 1.71. The van der Waals surface area contributed by atoms with Gasteiger partial charge in [0, 0.05) is 10.6 Å². The van der Waals surface area contributed by atoms with Crippen LogP contribution in [-0.4, -0.2) is 23.0 Å². The first-order valence-corrected chi connectivity index (χ1v) is 11.1. The highest BCUT2D eigenvalue weighted by atomic mass is 35.5. The van der Waals surface area contributed by atoms with Gasteiger partial charge in [0.1, 0.15) is 12.4 Å². The number of hydrogen-bond donors (Lipinski definition) is 0. The summed E-state index contributed by atoms with van der Waals surface area (Å²) in [6, 6.07) is 14.9. The first kappa shape index (κ1) is 18.8. The molecule has 6 atom stereocenters. The van der Waals surface area contributed by atoms with Crippen LogP contribution in [0.2, 0.25) is 5.02 Å². The minimum Gasteiger partial charge on any atom is -0.488 e. The van der Waals surface area contributed by atoms with Gasteiger partial charge < -0.3 is 4.74 Å². The Bertz CT molecular complexity index is 1090. The lowest BCUT2D eigenvalue weighted by Crippen LogP contribution is -2.40. The fraction of sp³-hybridized carbons (Fsp3) is 0.320. The van der Waals surface area contributed by atoms with E-state index in [0.717, 1.165) is 22.6 Å². The summed E-state index contributed by atoms with van der Waals surface area (Å²) in [6.07, 6.45) is 7.04. The van der Waals surface area contributed by atoms with Gasteiger partial charge in [-0.15, -0.1) is 0 Å². The van der Waals surface area contributed by atoms with Gasteiger partial charge in [-0.05, 0) is 59.9 Å². The SMILES string of the molecule is O=C1[C@@H]2[C@H]3C=C[C@@H]([C@@H]4C[C@@H]34)[C@H]2C(=O)N1/N=C\c1ccccc1OCc1ccc(Cl)cc1. The summed E-state index contributed by atoms with van der Waals surface area (Å²) < 4.78 is 5.96. The van der Waals surface area contributed by atoms with E-state index in [1.807, 2.05) is 48.5 Å². The minimum absolute atomic E-state index is 0.157. The molecule has 4 aliphatic carbocycles. The molecule has 7 rings (SSSR count). The van der Waals surface area contributed by atoms with Crippen LogP contribution >= 0.6 is 11.6 Å². The molecule has 2 bridgehead atoms. The van der Waals surface area contributed by atoms with E-state index in [0.29, 0.717) is 29.2 Å². The molecule has 31 heavy (non-hydrogen) atoms. The summed E-state index contributed by atoms with van der Waals surface area (Å²) in [4.78, 5) is 26.1. The fourth-order valence-electron chi connectivity index (χ4n) is 5.64. The number of carbonyl (C=O) groups is 2. The minimum atomic E-state index is -0.236. The van der Waals surface area contributed by atoms with Crippen LogP contribution in [-0.2, 0) is 16.2 Å². The van der Waals surface area contributed by atoms with Crippen molar-refractivity contribution in [3.8, 4) is 5.75 Å². The van der Waals surface area contributed by atoms with Crippen LogP contribution in [0.25, 0.3) is 0 Å². The third-order valence-electron chi connectivity index (χ3n) is 7.18. The lowest BCUT2D eigenvalue weighted by molar-refractivity contribution is -0.140. The number of hydrazone groups is 1. The molecule has 1 aliphatic heterocycles. The molecule has 5 aliphatic rings. The van der Waals surface area contributed by atoms with Gasteiger partial charge in [-0.1, -0.05) is 48.0 Å². The summed E-state index contributed by atoms with van der Waals surface area (Å²) in [6.45, 7) is 0.381. The Morgan fingerprint density at radius 1 is 0.968 bits per heavy atom. The molecule has 1 heterocycles. The van der Waals surface area contributed by atoms with Crippen molar-refractivity contribution >= 4 is 29.6 Å². The van der Waals surface area contributed by atoms with Crippen molar-refractivity contribution in [3.63, 3.8) is 0 Å². The van der Waals surface area contributed by atoms with Crippen molar-refractivity contribution in [1.29, 1.82) is 0 Å². The van der Waals surface area contributed by atoms with E-state index < -0.39 is 0 Å². The van der Waals surface area contributed by atoms with Crippen LogP contribution in [0.15, 0.2) is 65.8 Å². The molecule has 2 amide bonds. The molecular formula is C25H21ClN2O3. The van der Waals surface area contributed by atoms with Crippen molar-refractivity contribution in [2.45, 2.75) is 13.0 Å². The lowest BCUT2D eigenvalue weighted by atomic mass is 9.63. The zero-order valence-corrected chi connectivity index (χ0v) is 17.5. The smallest absolute Gasteiger partial charge is 0.254 e. The second-order valence-corrected chi connectivity index (χ2v) is 9.28. The van der Waals surface area contributed by atoms with Crippen molar-refractivity contribution in [3.05, 3.63) is 76.8 Å². The molecule has 6 heteroatoms. The monoisotopic (exact) mass is 432 g/mol. The molecule has 1 saturated heterocycles. The van der Waals surface area contributed by atoms with E-state index in [1.165, 1.54) is 0 Å². The summed E-state index contributed by atoms with van der Waals surface area (Å²) >= 11 is 5.94. The Morgan fingerprint density at radius 2 is 1.61 bits per heavy atom. The van der Waals surface area contributed by atoms with E-state index in [1.54, 1.807) is 6.21 Å². The molecule has 2 saturated carbocycles. The quantitative estimate of drug-likeness (QED) is 0.402. The number of imide groups is 1. The van der Waals surface area contributed by atoms with Gasteiger partial charge in [0.25, 0.3) is 11.8 Å². The number of benzene rings is 2. The Kier molecular flexibility index (Phi) is 4.29. The summed E-state index contributed by atoms with van der Waals surface area (Å²) in [7, 11) is 0. The Labute approximate surface area is 185 Å². The van der Waals surface area contributed by atoms with Gasteiger partial charge in [-0.3, -0.25) is 9.59 Å². The van der Waals surface area contributed by atoms with Gasteiger partial charge in [0.2, 0.25) is 0 Å². The van der Waals surface area contributed by atoms with E-state index in [-0.39, 0.29) is 35.5 Å². The molecule has 2 aromatic rings. The van der Waals surface area contributed by atoms with Crippen LogP contribution in [0.5, 0.6) is 5.75 Å². The first-order valence-electron chi connectivity index (χ1n) is 10.7. The largest absolute Gasteiger partial charge is 0.488 e. The van der Waals surface area contributed by atoms with Gasteiger partial charge in [0.15, 0.2) is 0 Å². The zero-order valence-electron chi connectivity index (χ0n) is 16.7. The Morgan fingerprint density at radius 3 is 2.29 bits per heavy atom. The van der Waals surface area contributed by atoms with Gasteiger partial charge >= 0.3 is 0 Å². The molecule has 0 aromatic heterocycles. The number of allylic oxidation sites excluding steroid dienone is 2. The average Bonchev–Trinajstić information content (AvgIpc) is 3.57. The molecule has 156 valence electrons. The summed E-state index contributed by atoms with van der Waals surface area (Å²) in [5.74, 6) is 1.42. The molecule has 0 unspecified atom stereocenters. The molecule has 0 radical (unpaired) electrons. The van der Waals surface area contributed by atoms with Gasteiger partial charge in [-0.2, -0.15) is 10.1 Å². The molecule has 0 spiro atoms. The predicted molar refractivity (Wildman–Crippen MR) is 116 cm³/mol. The molecular weight excluding hydrogens is 412 g/mol. The molecule has 3 fully saturated rings. The van der Waals surface area contributed by atoms with Crippen LogP contribution in [0.4, 0.5) is 0 Å². The number of nitrogens with zero attached hydrogens (tertiary/aromatic N) is 2. The number of rotatable bonds is 5. The standard InChI is InChI=1S/C25H21ClN2O3/c26-16-7-5-14(6-8-16)13-31-21-4-2-1-3-15(21)12-27-28-24(29)22-17-9-10-18(20-11-19(17)20)23(22)25(28)30/h1-10,12,17-20,22-23H,11,13H2/b27-12-/t17-,18-,19-,20-,22+,23+/m0/s1. The van der Waals surface area contributed by atoms with Crippen LogP contribution in [0, 0.1) is 35.5 Å². The number of ether oxygens (including phenoxy) is 1. The number of carbonyl (C=O) groups excluding carboxylic acids is 2. The second-order valence-electron chi connectivity index (χ2n) is 8.84. The molecule has 0 N–H and O–H groups in total. The van der Waals surface area contributed by atoms with Crippen molar-refractivity contribution in [2.24, 2.45) is 40.6 Å². The van der Waals surface area contributed by atoms with Gasteiger partial charge in [-0.25, -0.2) is 0 Å². The normalized spacial score (nSPS) is 32.5. The van der Waals surface area contributed by atoms with Crippen molar-refractivity contribution < 1.29 is 14.3 Å². The first-order chi connectivity index (χ1) is 15.1. The van der Waals surface area contributed by atoms with Crippen molar-refractivity contribution in [2.75, 3.05) is 0 Å². The third kappa shape index (κ3) is 3.02. The highest BCUT2D eigenvalue weighted by molar-refractivity contribution is 6.30. The lowest BCUT2D eigenvalue weighted by Gasteiger charge is -2.37. The van der Waals surface area contributed by atoms with Crippen LogP contribution in [0.1, 0.15) is 17.5 Å². The van der Waals surface area contributed by atoms with Crippen molar-refractivity contribution in [1.82, 2.24) is 5.01 Å². The number of amides is 2. The predicted octanol–water partition coefficient (Wildman–Crippen LogP) is 4.31.